The Kier molecular flexibility index (Phi) is 6.31. The van der Waals surface area contributed by atoms with E-state index in [0.717, 1.165) is 17.3 Å². The fourth-order valence-corrected chi connectivity index (χ4v) is 4.28. The number of primary amides is 1. The van der Waals surface area contributed by atoms with Crippen molar-refractivity contribution in [2.75, 3.05) is 13.4 Å². The van der Waals surface area contributed by atoms with E-state index < -0.39 is 17.1 Å². The molecule has 0 aliphatic carbocycles. The van der Waals surface area contributed by atoms with Crippen LogP contribution in [-0.2, 0) is 20.9 Å². The predicted molar refractivity (Wildman–Crippen MR) is 118 cm³/mol. The summed E-state index contributed by atoms with van der Waals surface area (Å²) in [5, 5.41) is -0.348. The third-order valence-corrected chi connectivity index (χ3v) is 6.04. The van der Waals surface area contributed by atoms with Gasteiger partial charge in [0.05, 0.1) is 29.7 Å². The highest BCUT2D eigenvalue weighted by Gasteiger charge is 2.35. The lowest BCUT2D eigenvalue weighted by molar-refractivity contribution is -0.130. The fourth-order valence-electron chi connectivity index (χ4n) is 3.23. The van der Waals surface area contributed by atoms with Gasteiger partial charge in [0, 0.05) is 6.42 Å². The van der Waals surface area contributed by atoms with Crippen LogP contribution in [0.5, 0.6) is 11.5 Å². The van der Waals surface area contributed by atoms with Crippen LogP contribution in [0.15, 0.2) is 47.5 Å². The third kappa shape index (κ3) is 4.70. The zero-order valence-corrected chi connectivity index (χ0v) is 18.1. The maximum absolute atomic E-state index is 12.9. The monoisotopic (exact) mass is 455 g/mol. The molecule has 0 radical (unpaired) electrons. The SMILES string of the molecule is CCOC(=O)c1ccc(N=C2SC(C(N)=O)CC(=O)N2Cc2ccc3c(c2)OCO3)cc1. The van der Waals surface area contributed by atoms with Crippen LogP contribution in [-0.4, -0.2) is 46.5 Å². The Labute approximate surface area is 188 Å². The molecule has 2 aromatic rings. The minimum atomic E-state index is -0.701. The van der Waals surface area contributed by atoms with Gasteiger partial charge in [-0.25, -0.2) is 9.79 Å². The zero-order chi connectivity index (χ0) is 22.7. The van der Waals surface area contributed by atoms with E-state index in [-0.39, 0.29) is 32.3 Å². The fraction of sp³-hybridized carbons (Fsp3) is 0.273. The summed E-state index contributed by atoms with van der Waals surface area (Å²) in [5.74, 6) is 0.0100. The van der Waals surface area contributed by atoms with Crippen molar-refractivity contribution in [1.82, 2.24) is 4.90 Å². The Balaban J connectivity index is 1.61. The lowest BCUT2D eigenvalue weighted by Crippen LogP contribution is -2.45. The van der Waals surface area contributed by atoms with Crippen molar-refractivity contribution in [2.45, 2.75) is 25.1 Å². The summed E-state index contributed by atoms with van der Waals surface area (Å²) in [5.41, 5.74) is 7.20. The molecule has 0 saturated carbocycles. The van der Waals surface area contributed by atoms with E-state index in [2.05, 4.69) is 4.99 Å². The summed E-state index contributed by atoms with van der Waals surface area (Å²) in [6.07, 6.45) is -0.00856. The molecule has 2 heterocycles. The first-order valence-electron chi connectivity index (χ1n) is 9.95. The number of esters is 1. The van der Waals surface area contributed by atoms with Crippen LogP contribution in [0, 0.1) is 0 Å². The molecule has 9 nitrogen and oxygen atoms in total. The summed E-state index contributed by atoms with van der Waals surface area (Å²) < 4.78 is 15.7. The lowest BCUT2D eigenvalue weighted by atomic mass is 10.1. The van der Waals surface area contributed by atoms with E-state index in [1.54, 1.807) is 37.3 Å². The van der Waals surface area contributed by atoms with Crippen molar-refractivity contribution >= 4 is 40.4 Å². The van der Waals surface area contributed by atoms with Crippen LogP contribution in [0.1, 0.15) is 29.3 Å². The van der Waals surface area contributed by atoms with Crippen LogP contribution in [0.4, 0.5) is 5.69 Å². The number of nitrogens with zero attached hydrogens (tertiary/aromatic N) is 2. The molecule has 0 bridgehead atoms. The van der Waals surface area contributed by atoms with Crippen molar-refractivity contribution in [1.29, 1.82) is 0 Å². The largest absolute Gasteiger partial charge is 0.462 e. The van der Waals surface area contributed by atoms with Crippen molar-refractivity contribution in [3.05, 3.63) is 53.6 Å². The molecule has 2 N–H and O–H groups in total. The number of carbonyl (C=O) groups excluding carboxylic acids is 3. The highest BCUT2D eigenvalue weighted by molar-refractivity contribution is 8.15. The van der Waals surface area contributed by atoms with Gasteiger partial charge in [-0.15, -0.1) is 0 Å². The van der Waals surface area contributed by atoms with Crippen LogP contribution in [0.2, 0.25) is 0 Å². The Hall–Kier alpha value is -3.53. The van der Waals surface area contributed by atoms with Gasteiger partial charge >= 0.3 is 5.97 Å². The smallest absolute Gasteiger partial charge is 0.338 e. The van der Waals surface area contributed by atoms with E-state index in [9.17, 15) is 14.4 Å². The predicted octanol–water partition coefficient (Wildman–Crippen LogP) is 2.60. The Bertz CT molecular complexity index is 1090. The van der Waals surface area contributed by atoms with E-state index in [1.807, 2.05) is 12.1 Å². The molecule has 2 aliphatic rings. The first kappa shape index (κ1) is 21.7. The van der Waals surface area contributed by atoms with Crippen molar-refractivity contribution in [3.8, 4) is 11.5 Å². The van der Waals surface area contributed by atoms with E-state index in [1.165, 1.54) is 4.90 Å². The molecular weight excluding hydrogens is 434 g/mol. The van der Waals surface area contributed by atoms with Crippen molar-refractivity contribution in [3.63, 3.8) is 0 Å². The standard InChI is InChI=1S/C22H21N3O6S/c1-2-29-21(28)14-4-6-15(7-5-14)24-22-25(19(26)10-18(32-22)20(23)27)11-13-3-8-16-17(9-13)31-12-30-16/h3-9,18H,2,10-12H2,1H3,(H2,23,27). The van der Waals surface area contributed by atoms with Gasteiger partial charge in [0.15, 0.2) is 16.7 Å². The highest BCUT2D eigenvalue weighted by Crippen LogP contribution is 2.34. The molecule has 2 aliphatic heterocycles. The van der Waals surface area contributed by atoms with E-state index >= 15 is 0 Å². The quantitative estimate of drug-likeness (QED) is 0.665. The topological polar surface area (TPSA) is 121 Å². The Morgan fingerprint density at radius 1 is 1.19 bits per heavy atom. The number of fused-ring (bicyclic) bond motifs is 1. The molecule has 0 spiro atoms. The number of thioether (sulfide) groups is 1. The van der Waals surface area contributed by atoms with Crippen LogP contribution in [0.3, 0.4) is 0 Å². The molecular formula is C22H21N3O6S. The molecule has 2 aromatic carbocycles. The van der Waals surface area contributed by atoms with Gasteiger partial charge in [0.25, 0.3) is 0 Å². The summed E-state index contributed by atoms with van der Waals surface area (Å²) in [4.78, 5) is 42.6. The molecule has 1 unspecified atom stereocenters. The lowest BCUT2D eigenvalue weighted by Gasteiger charge is -2.31. The number of ether oxygens (including phenoxy) is 3. The minimum absolute atomic E-state index is 0.00856. The van der Waals surface area contributed by atoms with Gasteiger partial charge in [-0.3, -0.25) is 14.5 Å². The van der Waals surface area contributed by atoms with Crippen molar-refractivity contribution < 1.29 is 28.6 Å². The van der Waals surface area contributed by atoms with Gasteiger partial charge < -0.3 is 19.9 Å². The van der Waals surface area contributed by atoms with Gasteiger partial charge in [0.1, 0.15) is 0 Å². The number of amides is 2. The number of benzene rings is 2. The second-order valence-corrected chi connectivity index (χ2v) is 8.21. The van der Waals surface area contributed by atoms with Gasteiger partial charge in [0.2, 0.25) is 18.6 Å². The van der Waals surface area contributed by atoms with E-state index in [4.69, 9.17) is 19.9 Å². The number of nitrogens with two attached hydrogens (primary N) is 1. The van der Waals surface area contributed by atoms with Crippen molar-refractivity contribution in [2.24, 2.45) is 10.7 Å². The molecule has 2 amide bonds. The number of carbonyl (C=O) groups is 3. The number of aliphatic imine (C=N–C) groups is 1. The molecule has 0 aromatic heterocycles. The highest BCUT2D eigenvalue weighted by atomic mass is 32.2. The Morgan fingerprint density at radius 3 is 2.66 bits per heavy atom. The summed E-state index contributed by atoms with van der Waals surface area (Å²) >= 11 is 1.14. The first-order valence-corrected chi connectivity index (χ1v) is 10.8. The maximum atomic E-state index is 12.9. The van der Waals surface area contributed by atoms with E-state index in [0.29, 0.717) is 27.9 Å². The van der Waals surface area contributed by atoms with Gasteiger partial charge in [-0.05, 0) is 48.9 Å². The van der Waals surface area contributed by atoms with Crippen LogP contribution >= 0.6 is 11.8 Å². The molecule has 32 heavy (non-hydrogen) atoms. The van der Waals surface area contributed by atoms with Crippen LogP contribution in [0.25, 0.3) is 0 Å². The minimum Gasteiger partial charge on any atom is -0.462 e. The molecule has 1 fully saturated rings. The molecule has 4 rings (SSSR count). The number of rotatable bonds is 6. The normalized spacial score (nSPS) is 18.7. The molecule has 10 heteroatoms. The molecule has 1 saturated heterocycles. The number of amidine groups is 1. The third-order valence-electron chi connectivity index (χ3n) is 4.84. The van der Waals surface area contributed by atoms with Gasteiger partial charge in [-0.2, -0.15) is 0 Å². The van der Waals surface area contributed by atoms with Crippen LogP contribution < -0.4 is 15.2 Å². The maximum Gasteiger partial charge on any atom is 0.338 e. The number of hydrogen-bond acceptors (Lipinski definition) is 8. The van der Waals surface area contributed by atoms with Gasteiger partial charge in [-0.1, -0.05) is 17.8 Å². The zero-order valence-electron chi connectivity index (χ0n) is 17.3. The molecule has 166 valence electrons. The average Bonchev–Trinajstić information content (AvgIpc) is 3.24. The summed E-state index contributed by atoms with van der Waals surface area (Å²) in [6.45, 7) is 2.42. The first-order chi connectivity index (χ1) is 15.4. The Morgan fingerprint density at radius 2 is 1.94 bits per heavy atom. The average molecular weight is 455 g/mol. The number of hydrogen-bond donors (Lipinski definition) is 1. The second-order valence-electron chi connectivity index (χ2n) is 7.04. The summed E-state index contributed by atoms with van der Waals surface area (Å²) in [6, 6.07) is 11.9. The molecule has 1 atom stereocenters. The summed E-state index contributed by atoms with van der Waals surface area (Å²) in [7, 11) is 0. The second kappa shape index (κ2) is 9.31.